The molecule has 0 aromatic rings. The highest BCUT2D eigenvalue weighted by atomic mass is 14.6. The molecule has 0 bridgehead atoms. The number of hydrogen-bond acceptors (Lipinski definition) is 2. The van der Waals surface area contributed by atoms with Crippen molar-refractivity contribution < 1.29 is 0 Å². The van der Waals surface area contributed by atoms with E-state index in [2.05, 4.69) is 6.58 Å². The number of nitrogens with two attached hydrogens (primary N) is 1. The first-order valence-corrected chi connectivity index (χ1v) is 1.79. The van der Waals surface area contributed by atoms with Gasteiger partial charge in [-0.1, -0.05) is 12.7 Å². The van der Waals surface area contributed by atoms with Crippen LogP contribution >= 0.6 is 0 Å². The number of allylic oxidation sites excluding steroid dienone is 3. The van der Waals surface area contributed by atoms with Crippen LogP contribution < -0.4 is 5.73 Å². The van der Waals surface area contributed by atoms with Crippen molar-refractivity contribution in [1.29, 1.82) is 5.26 Å². The van der Waals surface area contributed by atoms with E-state index in [1.165, 1.54) is 12.2 Å². The molecule has 2 nitrogen and oxygen atoms in total. The Morgan fingerprint density at radius 1 is 1.86 bits per heavy atom. The zero-order valence-corrected chi connectivity index (χ0v) is 3.89. The van der Waals surface area contributed by atoms with Gasteiger partial charge in [0.1, 0.15) is 11.8 Å². The third-order valence-electron chi connectivity index (χ3n) is 0.427. The van der Waals surface area contributed by atoms with Gasteiger partial charge in [-0.05, 0) is 6.08 Å². The number of nitriles is 1. The van der Waals surface area contributed by atoms with Gasteiger partial charge in [0, 0.05) is 0 Å². The van der Waals surface area contributed by atoms with Crippen LogP contribution in [0.4, 0.5) is 0 Å². The van der Waals surface area contributed by atoms with E-state index < -0.39 is 0 Å². The van der Waals surface area contributed by atoms with E-state index in [0.717, 1.165) is 0 Å². The maximum Gasteiger partial charge on any atom is 0.117 e. The smallest absolute Gasteiger partial charge is 0.117 e. The van der Waals surface area contributed by atoms with E-state index in [1.54, 1.807) is 6.07 Å². The van der Waals surface area contributed by atoms with Gasteiger partial charge in [0.25, 0.3) is 0 Å². The summed E-state index contributed by atoms with van der Waals surface area (Å²) in [7, 11) is 0. The van der Waals surface area contributed by atoms with E-state index in [1.807, 2.05) is 0 Å². The van der Waals surface area contributed by atoms with Crippen molar-refractivity contribution in [1.82, 2.24) is 0 Å². The Bertz CT molecular complexity index is 128. The number of rotatable bonds is 1. The molecule has 0 aliphatic heterocycles. The highest BCUT2D eigenvalue weighted by molar-refractivity contribution is 5.20. The predicted octanol–water partition coefficient (Wildman–Crippen LogP) is 0.539. The molecule has 2 N–H and O–H groups in total. The van der Waals surface area contributed by atoms with Crippen LogP contribution in [0.15, 0.2) is 24.4 Å². The molecule has 0 saturated heterocycles. The molecule has 0 heterocycles. The fourth-order valence-electron chi connectivity index (χ4n) is 0.164. The topological polar surface area (TPSA) is 49.8 Å². The fourth-order valence-corrected chi connectivity index (χ4v) is 0.164. The Morgan fingerprint density at radius 3 is 2.57 bits per heavy atom. The molecule has 0 rings (SSSR count). The average molecular weight is 94.1 g/mol. The summed E-state index contributed by atoms with van der Waals surface area (Å²) in [5.41, 5.74) is 5.20. The summed E-state index contributed by atoms with van der Waals surface area (Å²) in [5, 5.41) is 7.97. The molecule has 0 aromatic heterocycles. The monoisotopic (exact) mass is 94.1 g/mol. The van der Waals surface area contributed by atoms with Crippen LogP contribution in [0.2, 0.25) is 0 Å². The minimum absolute atomic E-state index is 0.190. The second-order valence-corrected chi connectivity index (χ2v) is 0.970. The van der Waals surface area contributed by atoms with Crippen LogP contribution in [-0.4, -0.2) is 0 Å². The van der Waals surface area contributed by atoms with Gasteiger partial charge in [-0.3, -0.25) is 0 Å². The van der Waals surface area contributed by atoms with Crippen LogP contribution in [0, 0.1) is 11.3 Å². The van der Waals surface area contributed by atoms with E-state index in [0.29, 0.717) is 0 Å². The van der Waals surface area contributed by atoms with Gasteiger partial charge in [0.15, 0.2) is 0 Å². The Kier molecular flexibility index (Phi) is 2.46. The van der Waals surface area contributed by atoms with Crippen molar-refractivity contribution in [2.75, 3.05) is 0 Å². The Labute approximate surface area is 42.6 Å². The molecule has 0 aliphatic carbocycles. The molecule has 0 atom stereocenters. The van der Waals surface area contributed by atoms with Crippen molar-refractivity contribution in [3.8, 4) is 6.07 Å². The summed E-state index contributed by atoms with van der Waals surface area (Å²) >= 11 is 0. The zero-order valence-electron chi connectivity index (χ0n) is 3.89. The van der Waals surface area contributed by atoms with Crippen LogP contribution in [-0.2, 0) is 0 Å². The molecule has 0 fully saturated rings. The van der Waals surface area contributed by atoms with Crippen molar-refractivity contribution in [3.05, 3.63) is 24.4 Å². The summed E-state index contributed by atoms with van der Waals surface area (Å²) in [4.78, 5) is 0. The van der Waals surface area contributed by atoms with E-state index in [-0.39, 0.29) is 5.70 Å². The first-order valence-electron chi connectivity index (χ1n) is 1.79. The normalized spacial score (nSPS) is 9.86. The van der Waals surface area contributed by atoms with Crippen LogP contribution in [0.25, 0.3) is 0 Å². The van der Waals surface area contributed by atoms with E-state index in [9.17, 15) is 0 Å². The fraction of sp³-hybridized carbons (Fsp3) is 0. The van der Waals surface area contributed by atoms with Crippen molar-refractivity contribution in [2.45, 2.75) is 0 Å². The van der Waals surface area contributed by atoms with Gasteiger partial charge in [-0.2, -0.15) is 5.26 Å². The quantitative estimate of drug-likeness (QED) is 0.381. The lowest BCUT2D eigenvalue weighted by Gasteiger charge is -1.74. The molecule has 0 spiro atoms. The Balaban J connectivity index is 3.80. The van der Waals surface area contributed by atoms with Gasteiger partial charge in [-0.15, -0.1) is 0 Å². The maximum atomic E-state index is 7.97. The lowest BCUT2D eigenvalue weighted by atomic mass is 10.4. The number of nitrogens with zero attached hydrogens (tertiary/aromatic N) is 1. The molecule has 0 unspecified atom stereocenters. The van der Waals surface area contributed by atoms with E-state index in [4.69, 9.17) is 11.0 Å². The van der Waals surface area contributed by atoms with Gasteiger partial charge < -0.3 is 5.73 Å². The third-order valence-corrected chi connectivity index (χ3v) is 0.427. The zero-order chi connectivity index (χ0) is 5.70. The summed E-state index contributed by atoms with van der Waals surface area (Å²) in [6.45, 7) is 3.34. The summed E-state index contributed by atoms with van der Waals surface area (Å²) < 4.78 is 0. The lowest BCUT2D eigenvalue weighted by Crippen LogP contribution is -1.90. The molecular weight excluding hydrogens is 88.1 g/mol. The summed E-state index contributed by atoms with van der Waals surface area (Å²) in [6.07, 6.45) is 2.92. The van der Waals surface area contributed by atoms with Gasteiger partial charge in [0.05, 0.1) is 0 Å². The minimum atomic E-state index is 0.190. The van der Waals surface area contributed by atoms with Crippen LogP contribution in [0.1, 0.15) is 0 Å². The molecule has 36 valence electrons. The van der Waals surface area contributed by atoms with Crippen LogP contribution in [0.3, 0.4) is 0 Å². The minimum Gasteiger partial charge on any atom is -0.390 e. The van der Waals surface area contributed by atoms with Gasteiger partial charge in [-0.25, -0.2) is 0 Å². The van der Waals surface area contributed by atoms with Crippen molar-refractivity contribution >= 4 is 0 Å². The molecule has 0 aromatic carbocycles. The Hall–Kier alpha value is -1.23. The molecule has 0 saturated carbocycles. The lowest BCUT2D eigenvalue weighted by molar-refractivity contribution is 1.39. The predicted molar refractivity (Wildman–Crippen MR) is 28.1 cm³/mol. The highest BCUT2D eigenvalue weighted by Gasteiger charge is 1.73. The molecular formula is C5H6N2. The number of hydrogen-bond donors (Lipinski definition) is 1. The molecule has 7 heavy (non-hydrogen) atoms. The SMILES string of the molecule is C=C/C=C(\N)C#N. The maximum absolute atomic E-state index is 7.97. The van der Waals surface area contributed by atoms with Crippen molar-refractivity contribution in [3.63, 3.8) is 0 Å². The molecule has 0 radical (unpaired) electrons. The van der Waals surface area contributed by atoms with Gasteiger partial charge >= 0.3 is 0 Å². The molecule has 0 amide bonds. The Morgan fingerprint density at radius 2 is 2.43 bits per heavy atom. The average Bonchev–Trinajstić information content (AvgIpc) is 1.68. The first kappa shape index (κ1) is 5.77. The molecule has 2 heteroatoms. The van der Waals surface area contributed by atoms with Crippen molar-refractivity contribution in [2.24, 2.45) is 5.73 Å². The molecule has 0 aliphatic rings. The summed E-state index contributed by atoms with van der Waals surface area (Å²) in [5.74, 6) is 0. The largest absolute Gasteiger partial charge is 0.390 e. The highest BCUT2D eigenvalue weighted by Crippen LogP contribution is 1.76. The standard InChI is InChI=1S/C5H6N2/c1-2-3-5(7)4-6/h2-3H,1,7H2/b5-3-. The van der Waals surface area contributed by atoms with Crippen LogP contribution in [0.5, 0.6) is 0 Å². The first-order chi connectivity index (χ1) is 3.31. The van der Waals surface area contributed by atoms with E-state index >= 15 is 0 Å². The summed E-state index contributed by atoms with van der Waals surface area (Å²) in [6, 6.07) is 1.73. The van der Waals surface area contributed by atoms with Gasteiger partial charge in [0.2, 0.25) is 0 Å². The second kappa shape index (κ2) is 2.98. The third kappa shape index (κ3) is 2.58. The second-order valence-electron chi connectivity index (χ2n) is 0.970.